The molecular formula is C26H24BrNO6. The second-order valence-corrected chi connectivity index (χ2v) is 10.6. The molecule has 2 aromatic rings. The lowest BCUT2D eigenvalue weighted by atomic mass is 9.58. The molecule has 34 heavy (non-hydrogen) atoms. The van der Waals surface area contributed by atoms with Crippen molar-refractivity contribution in [1.82, 2.24) is 0 Å². The fourth-order valence-electron chi connectivity index (χ4n) is 6.31. The van der Waals surface area contributed by atoms with E-state index in [1.165, 1.54) is 0 Å². The molecule has 8 atom stereocenters. The number of amides is 1. The van der Waals surface area contributed by atoms with Crippen molar-refractivity contribution in [3.05, 3.63) is 54.1 Å². The summed E-state index contributed by atoms with van der Waals surface area (Å²) in [7, 11) is 1.57. The predicted octanol–water partition coefficient (Wildman–Crippen LogP) is 3.71. The fraction of sp³-hybridized carbons (Fsp3) is 0.423. The molecule has 1 N–H and O–H groups in total. The number of carbonyl (C=O) groups excluding carboxylic acids is 3. The Hall–Kier alpha value is -2.87. The SMILES string of the molecule is COc1ccc(C(=O)COc2ccc(NC(=O)[C@@H]3C4C(=O)O[C@H]5[C@@H]4[C@@H]4C[C@@H]4C3[C@@H]5Br)cc2)cc1. The van der Waals surface area contributed by atoms with Crippen LogP contribution in [0, 0.1) is 35.5 Å². The van der Waals surface area contributed by atoms with Gasteiger partial charge in [-0.05, 0) is 72.7 Å². The highest BCUT2D eigenvalue weighted by molar-refractivity contribution is 9.09. The van der Waals surface area contributed by atoms with Crippen LogP contribution in [0.25, 0.3) is 0 Å². The summed E-state index contributed by atoms with van der Waals surface area (Å²) in [5.74, 6) is 1.33. The van der Waals surface area contributed by atoms with E-state index >= 15 is 0 Å². The van der Waals surface area contributed by atoms with E-state index in [1.54, 1.807) is 55.6 Å². The van der Waals surface area contributed by atoms with E-state index < -0.39 is 0 Å². The number of anilines is 1. The average Bonchev–Trinajstić information content (AvgIpc) is 3.60. The van der Waals surface area contributed by atoms with Crippen LogP contribution < -0.4 is 14.8 Å². The van der Waals surface area contributed by atoms with Crippen molar-refractivity contribution < 1.29 is 28.6 Å². The molecule has 0 aromatic heterocycles. The number of nitrogens with one attached hydrogen (secondary N) is 1. The molecule has 2 aromatic carbocycles. The van der Waals surface area contributed by atoms with Crippen LogP contribution in [0.2, 0.25) is 0 Å². The Bertz CT molecular complexity index is 1150. The van der Waals surface area contributed by atoms with E-state index in [0.29, 0.717) is 34.6 Å². The quantitative estimate of drug-likeness (QED) is 0.336. The molecule has 8 heteroatoms. The van der Waals surface area contributed by atoms with Crippen molar-refractivity contribution in [2.45, 2.75) is 17.4 Å². The van der Waals surface area contributed by atoms with Crippen molar-refractivity contribution in [2.75, 3.05) is 19.0 Å². The summed E-state index contributed by atoms with van der Waals surface area (Å²) in [5.41, 5.74) is 1.17. The van der Waals surface area contributed by atoms with Crippen LogP contribution in [-0.2, 0) is 14.3 Å². The number of hydrogen-bond acceptors (Lipinski definition) is 6. The number of benzene rings is 2. The van der Waals surface area contributed by atoms with Crippen LogP contribution in [0.5, 0.6) is 11.5 Å². The maximum absolute atomic E-state index is 13.3. The van der Waals surface area contributed by atoms with Crippen molar-refractivity contribution in [3.63, 3.8) is 0 Å². The molecule has 4 aliphatic carbocycles. The van der Waals surface area contributed by atoms with Gasteiger partial charge in [0.05, 0.1) is 23.8 Å². The van der Waals surface area contributed by atoms with Crippen molar-refractivity contribution >= 4 is 39.3 Å². The predicted molar refractivity (Wildman–Crippen MR) is 126 cm³/mol. The third-order valence-corrected chi connectivity index (χ3v) is 9.02. The fourth-order valence-corrected chi connectivity index (χ4v) is 7.49. The van der Waals surface area contributed by atoms with Crippen molar-refractivity contribution in [3.8, 4) is 11.5 Å². The van der Waals surface area contributed by atoms with Gasteiger partial charge in [-0.15, -0.1) is 0 Å². The lowest BCUT2D eigenvalue weighted by Crippen LogP contribution is -2.55. The van der Waals surface area contributed by atoms with Gasteiger partial charge in [0, 0.05) is 17.2 Å². The Balaban J connectivity index is 1.09. The van der Waals surface area contributed by atoms with E-state index in [9.17, 15) is 14.4 Å². The van der Waals surface area contributed by atoms with Crippen molar-refractivity contribution in [1.29, 1.82) is 0 Å². The summed E-state index contributed by atoms with van der Waals surface area (Å²) in [6.07, 6.45) is 0.999. The van der Waals surface area contributed by atoms with Gasteiger partial charge < -0.3 is 19.5 Å². The van der Waals surface area contributed by atoms with E-state index in [-0.39, 0.29) is 58.9 Å². The number of esters is 1. The number of carbonyl (C=O) groups is 3. The topological polar surface area (TPSA) is 90.9 Å². The average molecular weight is 526 g/mol. The summed E-state index contributed by atoms with van der Waals surface area (Å²) < 4.78 is 16.4. The Morgan fingerprint density at radius 3 is 2.41 bits per heavy atom. The third kappa shape index (κ3) is 3.42. The molecule has 2 unspecified atom stereocenters. The van der Waals surface area contributed by atoms with Gasteiger partial charge >= 0.3 is 5.97 Å². The van der Waals surface area contributed by atoms with E-state index in [1.807, 2.05) is 0 Å². The zero-order valence-corrected chi connectivity index (χ0v) is 20.1. The number of alkyl halides is 1. The molecule has 5 aliphatic rings. The van der Waals surface area contributed by atoms with Gasteiger partial charge in [-0.2, -0.15) is 0 Å². The highest BCUT2D eigenvalue weighted by atomic mass is 79.9. The van der Waals surface area contributed by atoms with Gasteiger partial charge in [-0.3, -0.25) is 14.4 Å². The number of ether oxygens (including phenoxy) is 3. The minimum absolute atomic E-state index is 0.0405. The summed E-state index contributed by atoms with van der Waals surface area (Å²) in [6.45, 7) is -0.0939. The zero-order valence-electron chi connectivity index (χ0n) is 18.5. The lowest BCUT2D eigenvalue weighted by molar-refractivity contribution is -0.145. The first kappa shape index (κ1) is 21.6. The minimum atomic E-state index is -0.373. The van der Waals surface area contributed by atoms with E-state index in [4.69, 9.17) is 14.2 Å². The maximum Gasteiger partial charge on any atom is 0.310 e. The summed E-state index contributed by atoms with van der Waals surface area (Å²) in [4.78, 5) is 38.2. The van der Waals surface area contributed by atoms with Gasteiger partial charge in [0.1, 0.15) is 17.6 Å². The van der Waals surface area contributed by atoms with Crippen LogP contribution in [0.15, 0.2) is 48.5 Å². The summed E-state index contributed by atoms with van der Waals surface area (Å²) in [5, 5.41) is 2.99. The van der Waals surface area contributed by atoms with Gasteiger partial charge in [-0.1, -0.05) is 15.9 Å². The second-order valence-electron chi connectivity index (χ2n) is 9.57. The Labute approximate surface area is 205 Å². The van der Waals surface area contributed by atoms with Crippen LogP contribution >= 0.6 is 15.9 Å². The molecule has 7 nitrogen and oxygen atoms in total. The highest BCUT2D eigenvalue weighted by Gasteiger charge is 2.74. The molecule has 5 fully saturated rings. The molecule has 1 saturated heterocycles. The van der Waals surface area contributed by atoms with Crippen LogP contribution in [0.3, 0.4) is 0 Å². The van der Waals surface area contributed by atoms with Crippen LogP contribution in [0.1, 0.15) is 16.8 Å². The van der Waals surface area contributed by atoms with Crippen LogP contribution in [0.4, 0.5) is 5.69 Å². The third-order valence-electron chi connectivity index (χ3n) is 7.89. The Morgan fingerprint density at radius 2 is 1.71 bits per heavy atom. The standard InChI is InChI=1S/C26H24BrNO6/c1-32-14-6-2-12(3-7-14)18(29)11-33-15-8-4-13(5-9-15)28-25(30)21-19-16-10-17(16)20-22(21)26(31)34-24(20)23(19)27/h2-9,16-17,19-24H,10-11H2,1H3,(H,28,30)/t16-,17+,19?,20+,21-,22?,23-,24-/m0/s1. The largest absolute Gasteiger partial charge is 0.497 e. The molecule has 1 amide bonds. The minimum Gasteiger partial charge on any atom is -0.497 e. The number of hydrogen-bond donors (Lipinski definition) is 1. The first-order valence-electron chi connectivity index (χ1n) is 11.5. The summed E-state index contributed by atoms with van der Waals surface area (Å²) >= 11 is 3.74. The molecule has 0 spiro atoms. The van der Waals surface area contributed by atoms with Gasteiger partial charge in [0.2, 0.25) is 5.91 Å². The Kier molecular flexibility index (Phi) is 5.17. The van der Waals surface area contributed by atoms with Crippen molar-refractivity contribution in [2.24, 2.45) is 35.5 Å². The first-order chi connectivity index (χ1) is 16.5. The molecular weight excluding hydrogens is 502 g/mol. The lowest BCUT2D eigenvalue weighted by Gasteiger charge is -2.46. The Morgan fingerprint density at radius 1 is 1.03 bits per heavy atom. The van der Waals surface area contributed by atoms with Gasteiger partial charge in [0.25, 0.3) is 0 Å². The second kappa shape index (κ2) is 8.12. The molecule has 7 rings (SSSR count). The maximum atomic E-state index is 13.3. The molecule has 1 heterocycles. The van der Waals surface area contributed by atoms with E-state index in [2.05, 4.69) is 21.2 Å². The van der Waals surface area contributed by atoms with Gasteiger partial charge in [-0.25, -0.2) is 0 Å². The molecule has 0 radical (unpaired) electrons. The first-order valence-corrected chi connectivity index (χ1v) is 12.4. The number of methoxy groups -OCH3 is 1. The molecule has 1 aliphatic heterocycles. The summed E-state index contributed by atoms with van der Waals surface area (Å²) in [6, 6.07) is 13.8. The number of halogens is 1. The zero-order chi connectivity index (χ0) is 23.6. The molecule has 4 bridgehead atoms. The highest BCUT2D eigenvalue weighted by Crippen LogP contribution is 2.70. The number of rotatable bonds is 7. The molecule has 4 saturated carbocycles. The van der Waals surface area contributed by atoms with Crippen LogP contribution in [-0.4, -0.2) is 42.3 Å². The number of Topliss-reactive ketones (excluding diaryl/α,β-unsaturated/α-hetero) is 1. The van der Waals surface area contributed by atoms with Gasteiger partial charge in [0.15, 0.2) is 12.4 Å². The monoisotopic (exact) mass is 525 g/mol. The molecule has 176 valence electrons. The normalized spacial score (nSPS) is 34.1. The number of ketones is 1. The smallest absolute Gasteiger partial charge is 0.310 e. The van der Waals surface area contributed by atoms with E-state index in [0.717, 1.165) is 6.42 Å².